The van der Waals surface area contributed by atoms with Gasteiger partial charge in [0.1, 0.15) is 11.6 Å². The van der Waals surface area contributed by atoms with E-state index < -0.39 is 11.8 Å². The van der Waals surface area contributed by atoms with E-state index >= 15 is 0 Å². The van der Waals surface area contributed by atoms with Crippen LogP contribution < -0.4 is 15.9 Å². The molecule has 0 bridgehead atoms. The van der Waals surface area contributed by atoms with E-state index in [1.165, 1.54) is 19.2 Å². The monoisotopic (exact) mass is 289 g/mol. The molecule has 1 aromatic rings. The van der Waals surface area contributed by atoms with Crippen LogP contribution in [0.3, 0.4) is 0 Å². The molecule has 7 heteroatoms. The highest BCUT2D eigenvalue weighted by molar-refractivity contribution is 9.10. The Labute approximate surface area is 99.6 Å². The Hall–Kier alpha value is -1.63. The van der Waals surface area contributed by atoms with Gasteiger partial charge >= 0.3 is 6.03 Å². The van der Waals surface area contributed by atoms with Crippen LogP contribution in [-0.4, -0.2) is 19.4 Å². The van der Waals surface area contributed by atoms with E-state index in [1.54, 1.807) is 0 Å². The van der Waals surface area contributed by atoms with Gasteiger partial charge in [-0.1, -0.05) is 0 Å². The molecule has 1 aromatic carbocycles. The normalized spacial score (nSPS) is 10.4. The second-order valence-corrected chi connectivity index (χ2v) is 3.50. The van der Waals surface area contributed by atoms with Gasteiger partial charge in [0.05, 0.1) is 17.8 Å². The third-order valence-electron chi connectivity index (χ3n) is 1.68. The topological polar surface area (TPSA) is 76.7 Å². The third-order valence-corrected chi connectivity index (χ3v) is 2.50. The maximum Gasteiger partial charge on any atom is 0.332 e. The van der Waals surface area contributed by atoms with Crippen LogP contribution >= 0.6 is 15.9 Å². The number of hydrogen-bond donors (Lipinski definition) is 2. The molecule has 0 radical (unpaired) electrons. The van der Waals surface area contributed by atoms with Gasteiger partial charge in [-0.3, -0.25) is 0 Å². The first-order valence-electron chi connectivity index (χ1n) is 4.16. The van der Waals surface area contributed by atoms with Gasteiger partial charge in [0.25, 0.3) is 0 Å². The van der Waals surface area contributed by atoms with Gasteiger partial charge in [-0.2, -0.15) is 5.10 Å². The summed E-state index contributed by atoms with van der Waals surface area (Å²) in [6.07, 6.45) is 1.13. The summed E-state index contributed by atoms with van der Waals surface area (Å²) in [6.45, 7) is 0. The van der Waals surface area contributed by atoms with Gasteiger partial charge in [-0.25, -0.2) is 14.6 Å². The first-order chi connectivity index (χ1) is 7.56. The molecule has 0 aliphatic rings. The SMILES string of the molecule is COc1ccc(F)c(C=NNC(N)=O)c1Br. The lowest BCUT2D eigenvalue weighted by Crippen LogP contribution is -2.24. The molecule has 0 aliphatic heterocycles. The summed E-state index contributed by atoms with van der Waals surface area (Å²) in [5.41, 5.74) is 6.92. The Morgan fingerprint density at radius 2 is 2.38 bits per heavy atom. The maximum atomic E-state index is 13.4. The number of hydrogen-bond acceptors (Lipinski definition) is 3. The minimum atomic E-state index is -0.823. The van der Waals surface area contributed by atoms with Gasteiger partial charge in [0.2, 0.25) is 0 Å². The lowest BCUT2D eigenvalue weighted by molar-refractivity contribution is 0.249. The van der Waals surface area contributed by atoms with Crippen LogP contribution in [0.25, 0.3) is 0 Å². The zero-order valence-corrected chi connectivity index (χ0v) is 9.92. The van der Waals surface area contributed by atoms with Crippen LogP contribution in [0, 0.1) is 5.82 Å². The molecule has 0 saturated carbocycles. The highest BCUT2D eigenvalue weighted by atomic mass is 79.9. The van der Waals surface area contributed by atoms with Crippen LogP contribution in [0.15, 0.2) is 21.7 Å². The molecule has 5 nitrogen and oxygen atoms in total. The summed E-state index contributed by atoms with van der Waals surface area (Å²) in [6, 6.07) is 1.88. The van der Waals surface area contributed by atoms with Crippen LogP contribution in [-0.2, 0) is 0 Å². The smallest absolute Gasteiger partial charge is 0.332 e. The van der Waals surface area contributed by atoms with Crippen molar-refractivity contribution in [1.82, 2.24) is 5.43 Å². The highest BCUT2D eigenvalue weighted by Crippen LogP contribution is 2.29. The van der Waals surface area contributed by atoms with Crippen LogP contribution in [0.4, 0.5) is 9.18 Å². The molecule has 2 amide bonds. The molecule has 1 rings (SSSR count). The van der Waals surface area contributed by atoms with Crippen molar-refractivity contribution in [3.8, 4) is 5.75 Å². The number of benzene rings is 1. The molecule has 3 N–H and O–H groups in total. The lowest BCUT2D eigenvalue weighted by Gasteiger charge is -2.06. The van der Waals surface area contributed by atoms with Gasteiger partial charge in [0.15, 0.2) is 0 Å². The van der Waals surface area contributed by atoms with E-state index in [2.05, 4.69) is 21.0 Å². The molecule has 0 unspecified atom stereocenters. The van der Waals surface area contributed by atoms with Crippen molar-refractivity contribution >= 4 is 28.2 Å². The highest BCUT2D eigenvalue weighted by Gasteiger charge is 2.09. The van der Waals surface area contributed by atoms with E-state index in [-0.39, 0.29) is 5.56 Å². The molecule has 0 aliphatic carbocycles. The third kappa shape index (κ3) is 2.93. The average molecular weight is 290 g/mol. The predicted molar refractivity (Wildman–Crippen MR) is 61.0 cm³/mol. The Kier molecular flexibility index (Phi) is 4.24. The summed E-state index contributed by atoms with van der Waals surface area (Å²) < 4.78 is 18.8. The number of primary amides is 1. The largest absolute Gasteiger partial charge is 0.496 e. The number of nitrogens with one attached hydrogen (secondary N) is 1. The lowest BCUT2D eigenvalue weighted by atomic mass is 10.2. The van der Waals surface area contributed by atoms with Crippen molar-refractivity contribution in [2.24, 2.45) is 10.8 Å². The molecule has 0 aromatic heterocycles. The molecular formula is C9H9BrFN3O2. The maximum absolute atomic E-state index is 13.4. The van der Waals surface area contributed by atoms with Crippen LogP contribution in [0.1, 0.15) is 5.56 Å². The molecule has 0 atom stereocenters. The number of rotatable bonds is 3. The van der Waals surface area contributed by atoms with Gasteiger partial charge in [-0.15, -0.1) is 0 Å². The Balaban J connectivity index is 3.02. The standard InChI is InChI=1S/C9H9BrFN3O2/c1-16-7-3-2-6(11)5(8(7)10)4-13-14-9(12)15/h2-4H,1H3,(H3,12,14,15). The fourth-order valence-electron chi connectivity index (χ4n) is 0.986. The minimum absolute atomic E-state index is 0.160. The minimum Gasteiger partial charge on any atom is -0.496 e. The van der Waals surface area contributed by atoms with Crippen molar-refractivity contribution in [3.05, 3.63) is 28.0 Å². The second-order valence-electron chi connectivity index (χ2n) is 2.71. The predicted octanol–water partition coefficient (Wildman–Crippen LogP) is 1.60. The van der Waals surface area contributed by atoms with Crippen molar-refractivity contribution in [3.63, 3.8) is 0 Å². The molecular weight excluding hydrogens is 281 g/mol. The zero-order valence-electron chi connectivity index (χ0n) is 8.33. The average Bonchev–Trinajstić information content (AvgIpc) is 2.23. The molecule has 0 saturated heterocycles. The van der Waals surface area contributed by atoms with Crippen molar-refractivity contribution < 1.29 is 13.9 Å². The molecule has 16 heavy (non-hydrogen) atoms. The zero-order chi connectivity index (χ0) is 12.1. The van der Waals surface area contributed by atoms with Crippen molar-refractivity contribution in [1.29, 1.82) is 0 Å². The van der Waals surface area contributed by atoms with Crippen LogP contribution in [0.5, 0.6) is 5.75 Å². The fourth-order valence-corrected chi connectivity index (χ4v) is 1.57. The van der Waals surface area contributed by atoms with Crippen molar-refractivity contribution in [2.75, 3.05) is 7.11 Å². The summed E-state index contributed by atoms with van der Waals surface area (Å²) in [5.74, 6) is -0.0374. The van der Waals surface area contributed by atoms with E-state index in [0.29, 0.717) is 10.2 Å². The number of carbonyl (C=O) groups is 1. The fraction of sp³-hybridized carbons (Fsp3) is 0.111. The van der Waals surface area contributed by atoms with Crippen molar-refractivity contribution in [2.45, 2.75) is 0 Å². The number of hydrazone groups is 1. The van der Waals surface area contributed by atoms with Crippen LogP contribution in [0.2, 0.25) is 0 Å². The molecule has 86 valence electrons. The Bertz CT molecular complexity index is 437. The summed E-state index contributed by atoms with van der Waals surface area (Å²) >= 11 is 3.16. The number of urea groups is 1. The van der Waals surface area contributed by atoms with Gasteiger partial charge in [-0.05, 0) is 28.1 Å². The summed E-state index contributed by atoms with van der Waals surface area (Å²) in [4.78, 5) is 10.3. The van der Waals surface area contributed by atoms with E-state index in [1.807, 2.05) is 5.43 Å². The summed E-state index contributed by atoms with van der Waals surface area (Å²) in [5, 5.41) is 3.46. The first-order valence-corrected chi connectivity index (χ1v) is 4.96. The van der Waals surface area contributed by atoms with Gasteiger partial charge < -0.3 is 10.5 Å². The van der Waals surface area contributed by atoms with E-state index in [4.69, 9.17) is 10.5 Å². The van der Waals surface area contributed by atoms with E-state index in [0.717, 1.165) is 6.21 Å². The Morgan fingerprint density at radius 1 is 1.69 bits per heavy atom. The quantitative estimate of drug-likeness (QED) is 0.655. The van der Waals surface area contributed by atoms with E-state index in [9.17, 15) is 9.18 Å². The molecule has 0 heterocycles. The number of ether oxygens (including phenoxy) is 1. The second kappa shape index (κ2) is 5.45. The molecule has 0 spiro atoms. The van der Waals surface area contributed by atoms with Gasteiger partial charge in [0, 0.05) is 5.56 Å². The molecule has 0 fully saturated rings. The Morgan fingerprint density at radius 3 is 2.94 bits per heavy atom. The number of carbonyl (C=O) groups excluding carboxylic acids is 1. The first kappa shape index (κ1) is 12.4. The number of nitrogens with zero attached hydrogens (tertiary/aromatic N) is 1. The number of amides is 2. The number of methoxy groups -OCH3 is 1. The number of nitrogens with two attached hydrogens (primary N) is 1. The number of halogens is 2. The summed E-state index contributed by atoms with van der Waals surface area (Å²) in [7, 11) is 1.46.